The third-order valence-corrected chi connectivity index (χ3v) is 6.27. The molecule has 1 aromatic heterocycles. The van der Waals surface area contributed by atoms with Gasteiger partial charge >= 0.3 is 6.03 Å². The predicted octanol–water partition coefficient (Wildman–Crippen LogP) is 0.742. The molecule has 2 N–H and O–H groups in total. The van der Waals surface area contributed by atoms with E-state index in [4.69, 9.17) is 4.74 Å². The fourth-order valence-electron chi connectivity index (χ4n) is 3.37. The van der Waals surface area contributed by atoms with Gasteiger partial charge in [-0.05, 0) is 32.2 Å². The first-order valence-electron chi connectivity index (χ1n) is 9.02. The van der Waals surface area contributed by atoms with E-state index in [9.17, 15) is 14.4 Å². The topological polar surface area (TPSA) is 91.0 Å². The van der Waals surface area contributed by atoms with Gasteiger partial charge in [0.2, 0.25) is 5.91 Å². The number of hydrogen-bond donors (Lipinski definition) is 2. The first kappa shape index (κ1) is 19.8. The fraction of sp³-hybridized carbons (Fsp3) is 0.611. The summed E-state index contributed by atoms with van der Waals surface area (Å²) in [5.74, 6) is -0.757. The molecule has 1 atom stereocenters. The number of hydrogen-bond acceptors (Lipinski definition) is 6. The highest BCUT2D eigenvalue weighted by molar-refractivity contribution is 7.10. The van der Waals surface area contributed by atoms with Gasteiger partial charge < -0.3 is 15.4 Å². The molecule has 8 nitrogen and oxygen atoms in total. The van der Waals surface area contributed by atoms with Crippen molar-refractivity contribution in [3.8, 4) is 0 Å². The van der Waals surface area contributed by atoms with Gasteiger partial charge in [0, 0.05) is 30.1 Å². The summed E-state index contributed by atoms with van der Waals surface area (Å²) in [4.78, 5) is 41.4. The second kappa shape index (κ2) is 7.57. The number of urea groups is 1. The summed E-state index contributed by atoms with van der Waals surface area (Å²) >= 11 is 1.40. The van der Waals surface area contributed by atoms with Crippen molar-refractivity contribution < 1.29 is 19.1 Å². The summed E-state index contributed by atoms with van der Waals surface area (Å²) in [5.41, 5.74) is -1.35. The van der Waals surface area contributed by atoms with Gasteiger partial charge in [-0.25, -0.2) is 4.79 Å². The molecule has 2 aliphatic rings. The van der Waals surface area contributed by atoms with Gasteiger partial charge in [0.15, 0.2) is 5.54 Å². The number of imide groups is 1. The Balaban J connectivity index is 1.57. The molecule has 1 aromatic rings. The number of carbonyl (C=O) groups is 3. The highest BCUT2D eigenvalue weighted by Crippen LogP contribution is 2.31. The molecule has 1 unspecified atom stereocenters. The van der Waals surface area contributed by atoms with E-state index in [0.717, 1.165) is 22.9 Å². The number of nitrogens with zero attached hydrogens (tertiary/aromatic N) is 2. The molecule has 148 valence electrons. The molecule has 0 radical (unpaired) electrons. The highest BCUT2D eigenvalue weighted by atomic mass is 32.1. The number of morpholine rings is 1. The average molecular weight is 394 g/mol. The Morgan fingerprint density at radius 3 is 2.70 bits per heavy atom. The third-order valence-electron chi connectivity index (χ3n) is 5.18. The lowest BCUT2D eigenvalue weighted by molar-refractivity contribution is -0.134. The molecular weight excluding hydrogens is 368 g/mol. The zero-order valence-electron chi connectivity index (χ0n) is 15.9. The van der Waals surface area contributed by atoms with Gasteiger partial charge in [0.05, 0.1) is 13.2 Å². The van der Waals surface area contributed by atoms with Gasteiger partial charge in [-0.15, -0.1) is 11.3 Å². The van der Waals surface area contributed by atoms with Crippen LogP contribution in [0.25, 0.3) is 0 Å². The van der Waals surface area contributed by atoms with E-state index < -0.39 is 17.5 Å². The van der Waals surface area contributed by atoms with Crippen LogP contribution in [-0.2, 0) is 19.9 Å². The summed E-state index contributed by atoms with van der Waals surface area (Å²) in [6.07, 6.45) is 0. The van der Waals surface area contributed by atoms with Crippen molar-refractivity contribution in [2.45, 2.75) is 31.8 Å². The lowest BCUT2D eigenvalue weighted by Crippen LogP contribution is -2.56. The molecule has 2 saturated heterocycles. The number of nitrogens with one attached hydrogen (secondary N) is 2. The first-order valence-corrected chi connectivity index (χ1v) is 9.89. The zero-order valence-corrected chi connectivity index (χ0v) is 16.7. The normalized spacial score (nSPS) is 24.2. The minimum atomic E-state index is -1.11. The highest BCUT2D eigenvalue weighted by Gasteiger charge is 2.50. The Labute approximate surface area is 162 Å². The maximum atomic E-state index is 12.8. The summed E-state index contributed by atoms with van der Waals surface area (Å²) < 4.78 is 5.37. The van der Waals surface area contributed by atoms with Gasteiger partial charge in [0.25, 0.3) is 5.91 Å². The van der Waals surface area contributed by atoms with Crippen molar-refractivity contribution in [1.82, 2.24) is 20.4 Å². The Hall–Kier alpha value is -1.97. The number of rotatable bonds is 6. The SMILES string of the molecule is CC1(c2cccs2)NC(=O)N(CC(=O)NCC(C)(C)N2CCOCC2)C1=O. The van der Waals surface area contributed by atoms with E-state index in [2.05, 4.69) is 29.4 Å². The summed E-state index contributed by atoms with van der Waals surface area (Å²) in [6, 6.07) is 3.09. The molecule has 9 heteroatoms. The number of amides is 4. The molecule has 0 bridgehead atoms. The molecule has 0 aromatic carbocycles. The summed E-state index contributed by atoms with van der Waals surface area (Å²) in [6.45, 7) is 8.91. The molecule has 4 amide bonds. The van der Waals surface area contributed by atoms with Crippen LogP contribution in [0.2, 0.25) is 0 Å². The Bertz CT molecular complexity index is 715. The minimum Gasteiger partial charge on any atom is -0.379 e. The fourth-order valence-corrected chi connectivity index (χ4v) is 4.20. The summed E-state index contributed by atoms with van der Waals surface area (Å²) in [5, 5.41) is 7.42. The van der Waals surface area contributed by atoms with Crippen LogP contribution in [0.15, 0.2) is 17.5 Å². The lowest BCUT2D eigenvalue weighted by atomic mass is 10.0. The third kappa shape index (κ3) is 3.99. The van der Waals surface area contributed by atoms with Crippen molar-refractivity contribution in [2.75, 3.05) is 39.4 Å². The first-order chi connectivity index (χ1) is 12.7. The number of carbonyl (C=O) groups excluding carboxylic acids is 3. The van der Waals surface area contributed by atoms with Crippen molar-refractivity contribution in [3.05, 3.63) is 22.4 Å². The van der Waals surface area contributed by atoms with E-state index in [0.29, 0.717) is 19.8 Å². The lowest BCUT2D eigenvalue weighted by Gasteiger charge is -2.40. The molecule has 2 aliphatic heterocycles. The van der Waals surface area contributed by atoms with Crippen molar-refractivity contribution in [1.29, 1.82) is 0 Å². The van der Waals surface area contributed by atoms with E-state index in [1.165, 1.54) is 11.3 Å². The molecular formula is C18H26N4O4S. The van der Waals surface area contributed by atoms with Gasteiger partial charge in [-0.3, -0.25) is 19.4 Å². The van der Waals surface area contributed by atoms with Crippen LogP contribution >= 0.6 is 11.3 Å². The molecule has 2 fully saturated rings. The number of thiophene rings is 1. The standard InChI is InChI=1S/C18H26N4O4S/c1-17(2,21-6-8-26-9-7-21)12-19-14(23)11-22-15(24)18(3,20-16(22)25)13-5-4-10-27-13/h4-5,10H,6-9,11-12H2,1-3H3,(H,19,23)(H,20,25). The van der Waals surface area contributed by atoms with Crippen LogP contribution in [0.1, 0.15) is 25.6 Å². The van der Waals surface area contributed by atoms with Crippen LogP contribution < -0.4 is 10.6 Å². The molecule has 3 heterocycles. The molecule has 0 aliphatic carbocycles. The maximum absolute atomic E-state index is 12.8. The number of ether oxygens (including phenoxy) is 1. The molecule has 0 spiro atoms. The Kier molecular flexibility index (Phi) is 5.55. The van der Waals surface area contributed by atoms with Crippen molar-refractivity contribution in [2.24, 2.45) is 0 Å². The van der Waals surface area contributed by atoms with Gasteiger partial charge in [-0.1, -0.05) is 6.07 Å². The predicted molar refractivity (Wildman–Crippen MR) is 101 cm³/mol. The van der Waals surface area contributed by atoms with Crippen LogP contribution in [0.3, 0.4) is 0 Å². The monoisotopic (exact) mass is 394 g/mol. The minimum absolute atomic E-state index is 0.234. The smallest absolute Gasteiger partial charge is 0.325 e. The van der Waals surface area contributed by atoms with E-state index in [-0.39, 0.29) is 18.0 Å². The van der Waals surface area contributed by atoms with E-state index in [1.807, 2.05) is 11.4 Å². The molecule has 0 saturated carbocycles. The van der Waals surface area contributed by atoms with Crippen molar-refractivity contribution >= 4 is 29.2 Å². The van der Waals surface area contributed by atoms with E-state index in [1.54, 1.807) is 13.0 Å². The van der Waals surface area contributed by atoms with Crippen LogP contribution in [0.4, 0.5) is 4.79 Å². The second-order valence-electron chi connectivity index (χ2n) is 7.61. The zero-order chi connectivity index (χ0) is 19.7. The summed E-state index contributed by atoms with van der Waals surface area (Å²) in [7, 11) is 0. The second-order valence-corrected chi connectivity index (χ2v) is 8.56. The largest absolute Gasteiger partial charge is 0.379 e. The molecule has 27 heavy (non-hydrogen) atoms. The van der Waals surface area contributed by atoms with Gasteiger partial charge in [0.1, 0.15) is 6.54 Å². The Morgan fingerprint density at radius 1 is 1.37 bits per heavy atom. The van der Waals surface area contributed by atoms with Crippen molar-refractivity contribution in [3.63, 3.8) is 0 Å². The van der Waals surface area contributed by atoms with Crippen LogP contribution in [0.5, 0.6) is 0 Å². The van der Waals surface area contributed by atoms with Crippen LogP contribution in [-0.4, -0.2) is 72.6 Å². The van der Waals surface area contributed by atoms with E-state index >= 15 is 0 Å². The maximum Gasteiger partial charge on any atom is 0.325 e. The average Bonchev–Trinajstić information content (AvgIpc) is 3.26. The van der Waals surface area contributed by atoms with Crippen LogP contribution in [0, 0.1) is 0 Å². The van der Waals surface area contributed by atoms with Gasteiger partial charge in [-0.2, -0.15) is 0 Å². The molecule has 3 rings (SSSR count). The quantitative estimate of drug-likeness (QED) is 0.695. The Morgan fingerprint density at radius 2 is 2.07 bits per heavy atom.